The molecule has 4 N–H and O–H groups in total. The number of alkyl halides is 3. The van der Waals surface area contributed by atoms with E-state index in [2.05, 4.69) is 30.2 Å². The lowest BCUT2D eigenvalue weighted by Gasteiger charge is -2.28. The number of fused-ring (bicyclic) bond motifs is 1. The summed E-state index contributed by atoms with van der Waals surface area (Å²) in [5.41, 5.74) is 7.32. The number of rotatable bonds is 11. The topological polar surface area (TPSA) is 91.5 Å². The number of hydrogen-bond acceptors (Lipinski definition) is 5. The van der Waals surface area contributed by atoms with Gasteiger partial charge < -0.3 is 16.2 Å². The molecule has 1 aromatic carbocycles. The average Bonchev–Trinajstić information content (AvgIpc) is 2.90. The van der Waals surface area contributed by atoms with Crippen molar-refractivity contribution in [2.45, 2.75) is 72.0 Å². The molecule has 1 atom stereocenters. The second-order valence-electron chi connectivity index (χ2n) is 9.51. The van der Waals surface area contributed by atoms with Crippen LogP contribution in [-0.2, 0) is 30.4 Å². The van der Waals surface area contributed by atoms with Crippen LogP contribution in [0.3, 0.4) is 0 Å². The van der Waals surface area contributed by atoms with Crippen LogP contribution in [0, 0.1) is 5.92 Å². The van der Waals surface area contributed by atoms with E-state index in [1.165, 1.54) is 30.9 Å². The van der Waals surface area contributed by atoms with Crippen LogP contribution in [0.2, 0.25) is 0 Å². The first kappa shape index (κ1) is 33.5. The monoisotopic (exact) mass is 538 g/mol. The summed E-state index contributed by atoms with van der Waals surface area (Å²) in [5, 5.41) is 11.4. The number of halogens is 3. The quantitative estimate of drug-likeness (QED) is 0.351. The first-order chi connectivity index (χ1) is 18.1. The fourth-order valence-corrected chi connectivity index (χ4v) is 4.00. The van der Waals surface area contributed by atoms with Crippen LogP contribution in [-0.4, -0.2) is 53.7 Å². The number of pyridine rings is 1. The third kappa shape index (κ3) is 13.9. The highest BCUT2D eigenvalue weighted by molar-refractivity contribution is 5.76. The molecule has 2 heterocycles. The Bertz CT molecular complexity index is 908. The SMILES string of the molecule is CCCNCC(CC)CCc1cccnc1.CCCO.NC(=O)CN1CCc2ccc(C(F)(F)F)cc2C1. The van der Waals surface area contributed by atoms with Gasteiger partial charge in [0.15, 0.2) is 0 Å². The van der Waals surface area contributed by atoms with E-state index in [-0.39, 0.29) is 6.54 Å². The van der Waals surface area contributed by atoms with Crippen LogP contribution >= 0.6 is 0 Å². The molecule has 1 aromatic heterocycles. The van der Waals surface area contributed by atoms with Gasteiger partial charge in [-0.15, -0.1) is 0 Å². The second kappa shape index (κ2) is 18.7. The Hall–Kier alpha value is -2.49. The Labute approximate surface area is 225 Å². The van der Waals surface area contributed by atoms with Crippen molar-refractivity contribution >= 4 is 5.91 Å². The number of carbonyl (C=O) groups is 1. The van der Waals surface area contributed by atoms with Gasteiger partial charge in [-0.2, -0.15) is 13.2 Å². The molecule has 214 valence electrons. The van der Waals surface area contributed by atoms with Crippen molar-refractivity contribution in [2.24, 2.45) is 11.7 Å². The summed E-state index contributed by atoms with van der Waals surface area (Å²) in [5.74, 6) is 0.331. The molecule has 0 bridgehead atoms. The minimum absolute atomic E-state index is 0.0791. The molecule has 9 heteroatoms. The normalized spacial score (nSPS) is 13.9. The summed E-state index contributed by atoms with van der Waals surface area (Å²) in [6, 6.07) is 7.95. The number of carbonyl (C=O) groups excluding carboxylic acids is 1. The molecule has 2 aromatic rings. The van der Waals surface area contributed by atoms with Crippen molar-refractivity contribution in [3.8, 4) is 0 Å². The number of amides is 1. The molecule has 6 nitrogen and oxygen atoms in total. The highest BCUT2D eigenvalue weighted by Gasteiger charge is 2.31. The van der Waals surface area contributed by atoms with E-state index >= 15 is 0 Å². The standard InChI is InChI=1S/C14H24N2.C12H13F3N2O.C3H8O/c1-3-9-15-11-13(4-2)7-8-14-6-5-10-16-12-14;13-12(14,15)10-2-1-8-3-4-17(7-11(16)18)6-9(8)5-10;1-2-3-4/h5-6,10,12-13,15H,3-4,7-9,11H2,1-2H3;1-2,5H,3-4,6-7H2,(H2,16,18);4H,2-3H2,1H3. The molecule has 0 saturated heterocycles. The van der Waals surface area contributed by atoms with E-state index in [0.717, 1.165) is 49.5 Å². The van der Waals surface area contributed by atoms with Crippen LogP contribution in [0.4, 0.5) is 13.2 Å². The van der Waals surface area contributed by atoms with Crippen molar-refractivity contribution in [3.63, 3.8) is 0 Å². The zero-order valence-electron chi connectivity index (χ0n) is 23.1. The lowest BCUT2D eigenvalue weighted by atomic mass is 9.97. The third-order valence-corrected chi connectivity index (χ3v) is 6.23. The van der Waals surface area contributed by atoms with Gasteiger partial charge in [-0.25, -0.2) is 0 Å². The largest absolute Gasteiger partial charge is 0.416 e. The zero-order chi connectivity index (χ0) is 28.4. The molecule has 0 spiro atoms. The molecular weight excluding hydrogens is 493 g/mol. The lowest BCUT2D eigenvalue weighted by molar-refractivity contribution is -0.137. The smallest absolute Gasteiger partial charge is 0.396 e. The number of aliphatic hydroxyl groups is 1. The highest BCUT2D eigenvalue weighted by Crippen LogP contribution is 2.32. The van der Waals surface area contributed by atoms with Crippen LogP contribution in [0.25, 0.3) is 0 Å². The van der Waals surface area contributed by atoms with Gasteiger partial charge in [0.05, 0.1) is 12.1 Å². The van der Waals surface area contributed by atoms with Crippen LogP contribution < -0.4 is 11.1 Å². The Morgan fingerprint density at radius 3 is 2.47 bits per heavy atom. The zero-order valence-corrected chi connectivity index (χ0v) is 23.1. The molecule has 0 aliphatic carbocycles. The van der Waals surface area contributed by atoms with E-state index in [0.29, 0.717) is 31.7 Å². The summed E-state index contributed by atoms with van der Waals surface area (Å²) >= 11 is 0. The van der Waals surface area contributed by atoms with Gasteiger partial charge in [-0.1, -0.05) is 39.3 Å². The molecule has 0 radical (unpaired) electrons. The van der Waals surface area contributed by atoms with E-state index < -0.39 is 17.6 Å². The van der Waals surface area contributed by atoms with Crippen LogP contribution in [0.1, 0.15) is 68.7 Å². The Balaban J connectivity index is 0.000000335. The van der Waals surface area contributed by atoms with Gasteiger partial charge in [0.1, 0.15) is 0 Å². The maximum atomic E-state index is 12.6. The van der Waals surface area contributed by atoms with Crippen molar-refractivity contribution in [3.05, 3.63) is 65.0 Å². The van der Waals surface area contributed by atoms with Crippen molar-refractivity contribution in [1.82, 2.24) is 15.2 Å². The van der Waals surface area contributed by atoms with Gasteiger partial charge >= 0.3 is 6.18 Å². The minimum atomic E-state index is -4.33. The van der Waals surface area contributed by atoms with E-state index in [4.69, 9.17) is 10.8 Å². The average molecular weight is 539 g/mol. The fourth-order valence-electron chi connectivity index (χ4n) is 4.00. The van der Waals surface area contributed by atoms with Gasteiger partial charge in [0.25, 0.3) is 0 Å². The summed E-state index contributed by atoms with van der Waals surface area (Å²) in [6.45, 7) is 10.1. The number of aromatic nitrogens is 1. The number of hydrogen-bond donors (Lipinski definition) is 3. The molecule has 0 fully saturated rings. The molecule has 0 saturated carbocycles. The van der Waals surface area contributed by atoms with Gasteiger partial charge in [0.2, 0.25) is 5.91 Å². The predicted molar refractivity (Wildman–Crippen MR) is 146 cm³/mol. The van der Waals surface area contributed by atoms with E-state index in [9.17, 15) is 18.0 Å². The van der Waals surface area contributed by atoms with E-state index in [1.54, 1.807) is 4.90 Å². The summed E-state index contributed by atoms with van der Waals surface area (Å²) in [4.78, 5) is 16.7. The summed E-state index contributed by atoms with van der Waals surface area (Å²) in [6.07, 6.45) is 5.90. The third-order valence-electron chi connectivity index (χ3n) is 6.23. The highest BCUT2D eigenvalue weighted by atomic mass is 19.4. The maximum Gasteiger partial charge on any atom is 0.416 e. The number of aliphatic hydroxyl groups excluding tert-OH is 1. The molecule has 1 aliphatic rings. The predicted octanol–water partition coefficient (Wildman–Crippen LogP) is 4.98. The number of nitrogens with zero attached hydrogens (tertiary/aromatic N) is 2. The number of benzene rings is 1. The number of nitrogens with two attached hydrogens (primary N) is 1. The fraction of sp³-hybridized carbons (Fsp3) is 0.586. The van der Waals surface area contributed by atoms with Gasteiger partial charge in [-0.05, 0) is 86.0 Å². The first-order valence-corrected chi connectivity index (χ1v) is 13.5. The second-order valence-corrected chi connectivity index (χ2v) is 9.51. The summed E-state index contributed by atoms with van der Waals surface area (Å²) < 4.78 is 37.7. The lowest BCUT2D eigenvalue weighted by Crippen LogP contribution is -2.37. The number of aryl methyl sites for hydroxylation is 1. The molecular formula is C29H45F3N4O2. The van der Waals surface area contributed by atoms with Crippen LogP contribution in [0.5, 0.6) is 0 Å². The molecule has 1 aliphatic heterocycles. The number of nitrogens with one attached hydrogen (secondary N) is 1. The Morgan fingerprint density at radius 2 is 1.92 bits per heavy atom. The first-order valence-electron chi connectivity index (χ1n) is 13.5. The van der Waals surface area contributed by atoms with E-state index in [1.807, 2.05) is 25.4 Å². The molecule has 38 heavy (non-hydrogen) atoms. The molecule has 1 unspecified atom stereocenters. The van der Waals surface area contributed by atoms with Crippen LogP contribution in [0.15, 0.2) is 42.7 Å². The number of primary amides is 1. The maximum absolute atomic E-state index is 12.6. The van der Waals surface area contributed by atoms with Gasteiger partial charge in [-0.3, -0.25) is 14.7 Å². The van der Waals surface area contributed by atoms with Crippen molar-refractivity contribution in [2.75, 3.05) is 32.8 Å². The summed E-state index contributed by atoms with van der Waals surface area (Å²) in [7, 11) is 0. The Morgan fingerprint density at radius 1 is 1.18 bits per heavy atom. The molecule has 1 amide bonds. The Kier molecular flexibility index (Phi) is 16.5. The van der Waals surface area contributed by atoms with Crippen molar-refractivity contribution < 1.29 is 23.1 Å². The molecule has 3 rings (SSSR count). The van der Waals surface area contributed by atoms with Crippen molar-refractivity contribution in [1.29, 1.82) is 0 Å². The van der Waals surface area contributed by atoms with Gasteiger partial charge in [0, 0.05) is 32.1 Å². The minimum Gasteiger partial charge on any atom is -0.396 e.